The van der Waals surface area contributed by atoms with Crippen molar-refractivity contribution in [2.24, 2.45) is 0 Å². The zero-order valence-corrected chi connectivity index (χ0v) is 18.4. The lowest BCUT2D eigenvalue weighted by atomic mass is 10.0. The molecule has 0 aliphatic rings. The highest BCUT2D eigenvalue weighted by molar-refractivity contribution is 5.91. The lowest BCUT2D eigenvalue weighted by molar-refractivity contribution is -0.137. The first kappa shape index (κ1) is 22.9. The number of pyridine rings is 1. The molecule has 0 spiro atoms. The first-order chi connectivity index (χ1) is 15.4. The van der Waals surface area contributed by atoms with Gasteiger partial charge in [-0.15, -0.1) is 0 Å². The molecule has 0 aliphatic carbocycles. The summed E-state index contributed by atoms with van der Waals surface area (Å²) in [6.07, 6.45) is 1.17. The molecular weight excluding hydrogens is 410 g/mol. The summed E-state index contributed by atoms with van der Waals surface area (Å²) in [5.74, 6) is -0.529. The summed E-state index contributed by atoms with van der Waals surface area (Å²) in [5, 5.41) is 11.5. The van der Waals surface area contributed by atoms with Crippen LogP contribution in [0.25, 0.3) is 11.2 Å². The molecule has 2 heterocycles. The van der Waals surface area contributed by atoms with Crippen molar-refractivity contribution in [2.45, 2.75) is 38.6 Å². The first-order valence-corrected chi connectivity index (χ1v) is 10.5. The van der Waals surface area contributed by atoms with Gasteiger partial charge < -0.3 is 10.4 Å². The van der Waals surface area contributed by atoms with E-state index in [9.17, 15) is 14.4 Å². The Morgan fingerprint density at radius 1 is 1.16 bits per heavy atom. The summed E-state index contributed by atoms with van der Waals surface area (Å²) in [5.41, 5.74) is 1.85. The molecule has 2 N–H and O–H groups in total. The molecule has 0 aliphatic heterocycles. The van der Waals surface area contributed by atoms with Gasteiger partial charge in [0, 0.05) is 20.5 Å². The van der Waals surface area contributed by atoms with E-state index in [1.807, 2.05) is 37.3 Å². The molecule has 3 aromatic rings. The maximum Gasteiger partial charge on any atom is 0.322 e. The Morgan fingerprint density at radius 3 is 2.50 bits per heavy atom. The van der Waals surface area contributed by atoms with Crippen LogP contribution >= 0.6 is 0 Å². The van der Waals surface area contributed by atoms with Gasteiger partial charge in [0.2, 0.25) is 0 Å². The number of anilines is 1. The van der Waals surface area contributed by atoms with Gasteiger partial charge in [0.25, 0.3) is 5.56 Å². The lowest BCUT2D eigenvalue weighted by Gasteiger charge is -2.22. The number of carbonyl (C=O) groups is 2. The number of rotatable bonds is 8. The Hall–Kier alpha value is -3.75. The van der Waals surface area contributed by atoms with Crippen LogP contribution in [0.2, 0.25) is 0 Å². The SMILES string of the molecule is CC[C@@H](c1ccccc1)n1c(=O)c(CCCC(=O)O)nc2ccc(N(C)C(=O)NC)nc21. The van der Waals surface area contributed by atoms with Gasteiger partial charge in [-0.05, 0) is 37.0 Å². The van der Waals surface area contributed by atoms with Crippen molar-refractivity contribution in [3.8, 4) is 0 Å². The second-order valence-corrected chi connectivity index (χ2v) is 7.44. The summed E-state index contributed by atoms with van der Waals surface area (Å²) < 4.78 is 1.62. The minimum atomic E-state index is -0.912. The van der Waals surface area contributed by atoms with Gasteiger partial charge in [-0.3, -0.25) is 19.1 Å². The number of hydrogen-bond donors (Lipinski definition) is 2. The fourth-order valence-corrected chi connectivity index (χ4v) is 3.68. The minimum Gasteiger partial charge on any atom is -0.481 e. The van der Waals surface area contributed by atoms with Gasteiger partial charge in [-0.2, -0.15) is 0 Å². The number of carboxylic acid groups (broad SMARTS) is 1. The van der Waals surface area contributed by atoms with Crippen LogP contribution in [0.1, 0.15) is 43.5 Å². The predicted octanol–water partition coefficient (Wildman–Crippen LogP) is 2.97. The van der Waals surface area contributed by atoms with Crippen molar-refractivity contribution in [1.29, 1.82) is 0 Å². The van der Waals surface area contributed by atoms with E-state index in [-0.39, 0.29) is 30.5 Å². The number of urea groups is 1. The minimum absolute atomic E-state index is 0.0385. The Bertz CT molecular complexity index is 1180. The maximum absolute atomic E-state index is 13.5. The number of benzene rings is 1. The van der Waals surface area contributed by atoms with Gasteiger partial charge in [0.15, 0.2) is 5.65 Å². The van der Waals surface area contributed by atoms with Crippen molar-refractivity contribution in [3.05, 3.63) is 64.1 Å². The van der Waals surface area contributed by atoms with Crippen molar-refractivity contribution in [3.63, 3.8) is 0 Å². The third kappa shape index (κ3) is 4.77. The second-order valence-electron chi connectivity index (χ2n) is 7.44. The maximum atomic E-state index is 13.5. The monoisotopic (exact) mass is 437 g/mol. The summed E-state index contributed by atoms with van der Waals surface area (Å²) in [4.78, 5) is 47.0. The van der Waals surface area contributed by atoms with E-state index in [0.717, 1.165) is 5.56 Å². The molecule has 32 heavy (non-hydrogen) atoms. The van der Waals surface area contributed by atoms with Gasteiger partial charge in [0.05, 0.1) is 6.04 Å². The molecule has 168 valence electrons. The molecule has 0 saturated heterocycles. The smallest absolute Gasteiger partial charge is 0.322 e. The predicted molar refractivity (Wildman–Crippen MR) is 122 cm³/mol. The molecule has 9 nitrogen and oxygen atoms in total. The highest BCUT2D eigenvalue weighted by Crippen LogP contribution is 2.25. The van der Waals surface area contributed by atoms with E-state index in [1.165, 1.54) is 11.9 Å². The highest BCUT2D eigenvalue weighted by atomic mass is 16.4. The van der Waals surface area contributed by atoms with E-state index < -0.39 is 5.97 Å². The molecule has 2 amide bonds. The van der Waals surface area contributed by atoms with Crippen LogP contribution in [-0.4, -0.2) is 45.7 Å². The molecule has 2 aromatic heterocycles. The zero-order chi connectivity index (χ0) is 23.3. The van der Waals surface area contributed by atoms with E-state index in [4.69, 9.17) is 5.11 Å². The summed E-state index contributed by atoms with van der Waals surface area (Å²) >= 11 is 0. The number of nitrogens with zero attached hydrogens (tertiary/aromatic N) is 4. The summed E-state index contributed by atoms with van der Waals surface area (Å²) in [6.45, 7) is 1.99. The third-order valence-electron chi connectivity index (χ3n) is 5.34. The van der Waals surface area contributed by atoms with Crippen LogP contribution < -0.4 is 15.8 Å². The molecule has 0 unspecified atom stereocenters. The number of carbonyl (C=O) groups excluding carboxylic acids is 1. The average molecular weight is 438 g/mol. The van der Waals surface area contributed by atoms with Crippen molar-refractivity contribution >= 4 is 29.0 Å². The molecule has 1 atom stereocenters. The second kappa shape index (κ2) is 10.0. The normalized spacial score (nSPS) is 11.8. The average Bonchev–Trinajstić information content (AvgIpc) is 2.80. The molecule has 3 rings (SSSR count). The fourth-order valence-electron chi connectivity index (χ4n) is 3.68. The van der Waals surface area contributed by atoms with Gasteiger partial charge in [-0.1, -0.05) is 37.3 Å². The van der Waals surface area contributed by atoms with Crippen LogP contribution in [0.15, 0.2) is 47.3 Å². The number of carboxylic acids is 1. The molecule has 9 heteroatoms. The lowest BCUT2D eigenvalue weighted by Crippen LogP contribution is -2.36. The molecule has 0 fully saturated rings. The van der Waals surface area contributed by atoms with Crippen LogP contribution in [0.3, 0.4) is 0 Å². The molecule has 0 bridgehead atoms. The molecular formula is C23H27N5O4. The standard InChI is InChI=1S/C23H27N5O4/c1-4-18(15-9-6-5-7-10-15)28-21-16(13-14-19(26-21)27(3)23(32)24-2)25-17(22(28)31)11-8-12-20(29)30/h5-7,9-10,13-14,18H,4,8,11-12H2,1-3H3,(H,24,32)(H,29,30)/t18-/m0/s1. The number of aromatic nitrogens is 3. The first-order valence-electron chi connectivity index (χ1n) is 10.5. The van der Waals surface area contributed by atoms with E-state index in [0.29, 0.717) is 35.5 Å². The number of aliphatic carboxylic acids is 1. The van der Waals surface area contributed by atoms with Crippen molar-refractivity contribution in [2.75, 3.05) is 19.0 Å². The quantitative estimate of drug-likeness (QED) is 0.559. The van der Waals surface area contributed by atoms with Gasteiger partial charge >= 0.3 is 12.0 Å². The molecule has 0 saturated carbocycles. The third-order valence-corrected chi connectivity index (χ3v) is 5.34. The van der Waals surface area contributed by atoms with E-state index in [2.05, 4.69) is 15.3 Å². The zero-order valence-electron chi connectivity index (χ0n) is 18.4. The Morgan fingerprint density at radius 2 is 1.88 bits per heavy atom. The number of aryl methyl sites for hydroxylation is 1. The summed E-state index contributed by atoms with van der Waals surface area (Å²) in [6, 6.07) is 12.4. The van der Waals surface area contributed by atoms with Crippen molar-refractivity contribution in [1.82, 2.24) is 19.9 Å². The van der Waals surface area contributed by atoms with E-state index >= 15 is 0 Å². The Kier molecular flexibility index (Phi) is 7.19. The topological polar surface area (TPSA) is 117 Å². The molecule has 0 radical (unpaired) electrons. The largest absolute Gasteiger partial charge is 0.481 e. The van der Waals surface area contributed by atoms with Crippen LogP contribution in [-0.2, 0) is 11.2 Å². The van der Waals surface area contributed by atoms with Crippen LogP contribution in [0.4, 0.5) is 10.6 Å². The number of hydrogen-bond acceptors (Lipinski definition) is 5. The Balaban J connectivity index is 2.22. The van der Waals surface area contributed by atoms with E-state index in [1.54, 1.807) is 23.7 Å². The van der Waals surface area contributed by atoms with Gasteiger partial charge in [0.1, 0.15) is 17.0 Å². The summed E-state index contributed by atoms with van der Waals surface area (Å²) in [7, 11) is 3.13. The van der Waals surface area contributed by atoms with Crippen molar-refractivity contribution < 1.29 is 14.7 Å². The van der Waals surface area contributed by atoms with Gasteiger partial charge in [-0.25, -0.2) is 14.8 Å². The number of fused-ring (bicyclic) bond motifs is 1. The number of nitrogens with one attached hydrogen (secondary N) is 1. The highest BCUT2D eigenvalue weighted by Gasteiger charge is 2.21. The van der Waals surface area contributed by atoms with Crippen LogP contribution in [0, 0.1) is 0 Å². The molecule has 1 aromatic carbocycles. The van der Waals surface area contributed by atoms with Crippen LogP contribution in [0.5, 0.6) is 0 Å². The Labute approximate surface area is 185 Å². The number of amides is 2. The fraction of sp³-hybridized carbons (Fsp3) is 0.348.